The summed E-state index contributed by atoms with van der Waals surface area (Å²) in [7, 11) is 0. The van der Waals surface area contributed by atoms with Crippen molar-refractivity contribution in [3.05, 3.63) is 82.9 Å². The molecule has 1 fully saturated rings. The minimum atomic E-state index is 0.0209. The summed E-state index contributed by atoms with van der Waals surface area (Å²) in [6, 6.07) is 16.0. The monoisotopic (exact) mass is 360 g/mol. The second-order valence-electron chi connectivity index (χ2n) is 7.23. The van der Waals surface area contributed by atoms with Gasteiger partial charge in [-0.05, 0) is 43.0 Å². The number of hydrogen-bond acceptors (Lipinski definition) is 3. The van der Waals surface area contributed by atoms with Crippen LogP contribution in [0.25, 0.3) is 0 Å². The average molecular weight is 360 g/mol. The Hall–Kier alpha value is -2.95. The molecule has 4 rings (SSSR count). The van der Waals surface area contributed by atoms with Crippen molar-refractivity contribution in [3.8, 4) is 0 Å². The molecule has 0 radical (unpaired) electrons. The van der Waals surface area contributed by atoms with E-state index in [4.69, 9.17) is 0 Å². The fourth-order valence-corrected chi connectivity index (χ4v) is 3.85. The molecule has 1 aromatic carbocycles. The van der Waals surface area contributed by atoms with Gasteiger partial charge in [0.15, 0.2) is 0 Å². The molecule has 5 heteroatoms. The van der Waals surface area contributed by atoms with E-state index in [1.165, 1.54) is 11.1 Å². The third-order valence-electron chi connectivity index (χ3n) is 5.21. The number of hydrogen-bond donors (Lipinski definition) is 1. The molecule has 138 valence electrons. The van der Waals surface area contributed by atoms with E-state index in [-0.39, 0.29) is 11.8 Å². The largest absolute Gasteiger partial charge is 0.337 e. The first-order valence-corrected chi connectivity index (χ1v) is 9.49. The van der Waals surface area contributed by atoms with Gasteiger partial charge in [0.05, 0.1) is 6.20 Å². The highest BCUT2D eigenvalue weighted by atomic mass is 16.2. The van der Waals surface area contributed by atoms with Crippen LogP contribution in [0.4, 0.5) is 0 Å². The number of likely N-dealkylation sites (tertiary alicyclic amines) is 1. The first-order valence-electron chi connectivity index (χ1n) is 9.49. The fourth-order valence-electron chi connectivity index (χ4n) is 3.85. The van der Waals surface area contributed by atoms with Crippen LogP contribution in [0, 0.1) is 6.92 Å². The molecule has 1 amide bonds. The van der Waals surface area contributed by atoms with Crippen LogP contribution in [-0.2, 0) is 6.42 Å². The van der Waals surface area contributed by atoms with Crippen molar-refractivity contribution in [1.82, 2.24) is 20.1 Å². The highest BCUT2D eigenvalue weighted by molar-refractivity contribution is 5.92. The lowest BCUT2D eigenvalue weighted by Gasteiger charge is -2.32. The molecule has 1 saturated heterocycles. The number of nitrogens with one attached hydrogen (secondary N) is 1. The number of carbonyl (C=O) groups is 1. The normalized spacial score (nSPS) is 17.1. The number of carbonyl (C=O) groups excluding carboxylic acids is 1. The van der Waals surface area contributed by atoms with E-state index in [2.05, 4.69) is 39.4 Å². The molecule has 27 heavy (non-hydrogen) atoms. The standard InChI is InChI=1S/C22H24N4O/c1-16-7-5-11-20(24-16)22(27)26-12-6-10-18(15-26)21-19(14-23-25-21)13-17-8-3-2-4-9-17/h2-5,7-9,11,14,18H,6,10,12-13,15H2,1H3,(H,23,25)/t18-/m1/s1. The van der Waals surface area contributed by atoms with Gasteiger partial charge in [0.2, 0.25) is 0 Å². The summed E-state index contributed by atoms with van der Waals surface area (Å²) >= 11 is 0. The second-order valence-corrected chi connectivity index (χ2v) is 7.23. The van der Waals surface area contributed by atoms with Gasteiger partial charge in [-0.1, -0.05) is 36.4 Å². The van der Waals surface area contributed by atoms with Gasteiger partial charge in [0.1, 0.15) is 5.69 Å². The smallest absolute Gasteiger partial charge is 0.272 e. The Morgan fingerprint density at radius 1 is 1.19 bits per heavy atom. The number of aromatic nitrogens is 3. The number of rotatable bonds is 4. The summed E-state index contributed by atoms with van der Waals surface area (Å²) in [5.74, 6) is 0.307. The maximum absolute atomic E-state index is 12.9. The van der Waals surface area contributed by atoms with Crippen LogP contribution in [0.1, 0.15) is 51.8 Å². The number of amides is 1. The van der Waals surface area contributed by atoms with Crippen molar-refractivity contribution in [3.63, 3.8) is 0 Å². The predicted octanol–water partition coefficient (Wildman–Crippen LogP) is 3.72. The van der Waals surface area contributed by atoms with E-state index >= 15 is 0 Å². The summed E-state index contributed by atoms with van der Waals surface area (Å²) < 4.78 is 0. The molecule has 1 aliphatic rings. The van der Waals surface area contributed by atoms with Gasteiger partial charge in [-0.3, -0.25) is 9.89 Å². The zero-order chi connectivity index (χ0) is 18.6. The maximum atomic E-state index is 12.9. The topological polar surface area (TPSA) is 61.9 Å². The molecule has 1 aliphatic heterocycles. The Morgan fingerprint density at radius 3 is 2.85 bits per heavy atom. The Bertz CT molecular complexity index is 919. The van der Waals surface area contributed by atoms with Crippen molar-refractivity contribution in [2.45, 2.75) is 32.1 Å². The summed E-state index contributed by atoms with van der Waals surface area (Å²) in [5.41, 5.74) is 5.05. The van der Waals surface area contributed by atoms with E-state index in [1.807, 2.05) is 36.2 Å². The highest BCUT2D eigenvalue weighted by Crippen LogP contribution is 2.29. The lowest BCUT2D eigenvalue weighted by Crippen LogP contribution is -2.39. The van der Waals surface area contributed by atoms with Gasteiger partial charge in [-0.25, -0.2) is 4.98 Å². The Balaban J connectivity index is 1.51. The number of H-pyrrole nitrogens is 1. The Morgan fingerprint density at radius 2 is 2.04 bits per heavy atom. The molecule has 3 heterocycles. The molecule has 0 saturated carbocycles. The van der Waals surface area contributed by atoms with Gasteiger partial charge in [-0.2, -0.15) is 5.10 Å². The summed E-state index contributed by atoms with van der Waals surface area (Å²) in [5, 5.41) is 7.49. The first kappa shape index (κ1) is 17.5. The maximum Gasteiger partial charge on any atom is 0.272 e. The van der Waals surface area contributed by atoms with Crippen molar-refractivity contribution >= 4 is 5.91 Å². The van der Waals surface area contributed by atoms with Crippen LogP contribution in [0.2, 0.25) is 0 Å². The summed E-state index contributed by atoms with van der Waals surface area (Å²) in [6.07, 6.45) is 4.84. The van der Waals surface area contributed by atoms with E-state index in [0.717, 1.165) is 37.2 Å². The zero-order valence-electron chi connectivity index (χ0n) is 15.6. The van der Waals surface area contributed by atoms with Crippen molar-refractivity contribution in [2.24, 2.45) is 0 Å². The molecule has 1 atom stereocenters. The molecular formula is C22H24N4O. The quantitative estimate of drug-likeness (QED) is 0.771. The number of pyridine rings is 1. The van der Waals surface area contributed by atoms with Crippen LogP contribution in [-0.4, -0.2) is 39.1 Å². The molecule has 2 aromatic heterocycles. The molecule has 0 aliphatic carbocycles. The van der Waals surface area contributed by atoms with Crippen LogP contribution >= 0.6 is 0 Å². The summed E-state index contributed by atoms with van der Waals surface area (Å²) in [4.78, 5) is 19.2. The average Bonchev–Trinajstić information content (AvgIpc) is 3.16. The minimum Gasteiger partial charge on any atom is -0.337 e. The number of aromatic amines is 1. The zero-order valence-corrected chi connectivity index (χ0v) is 15.6. The van der Waals surface area contributed by atoms with Crippen molar-refractivity contribution in [2.75, 3.05) is 13.1 Å². The number of piperidine rings is 1. The number of nitrogens with zero attached hydrogens (tertiary/aromatic N) is 3. The van der Waals surface area contributed by atoms with Crippen LogP contribution < -0.4 is 0 Å². The van der Waals surface area contributed by atoms with Crippen molar-refractivity contribution < 1.29 is 4.79 Å². The number of benzene rings is 1. The fraction of sp³-hybridized carbons (Fsp3) is 0.318. The Labute approximate surface area is 159 Å². The lowest BCUT2D eigenvalue weighted by molar-refractivity contribution is 0.0699. The van der Waals surface area contributed by atoms with Crippen molar-refractivity contribution in [1.29, 1.82) is 0 Å². The minimum absolute atomic E-state index is 0.0209. The van der Waals surface area contributed by atoms with E-state index in [1.54, 1.807) is 6.07 Å². The first-order chi connectivity index (χ1) is 13.2. The highest BCUT2D eigenvalue weighted by Gasteiger charge is 2.28. The molecule has 0 bridgehead atoms. The number of aryl methyl sites for hydroxylation is 1. The van der Waals surface area contributed by atoms with Gasteiger partial charge < -0.3 is 4.90 Å². The molecular weight excluding hydrogens is 336 g/mol. The van der Waals surface area contributed by atoms with E-state index < -0.39 is 0 Å². The SMILES string of the molecule is Cc1cccc(C(=O)N2CCC[C@@H](c3[nH]ncc3Cc3ccccc3)C2)n1. The van der Waals surface area contributed by atoms with Crippen LogP contribution in [0.15, 0.2) is 54.7 Å². The molecule has 5 nitrogen and oxygen atoms in total. The van der Waals surface area contributed by atoms with Crippen LogP contribution in [0.3, 0.4) is 0 Å². The van der Waals surface area contributed by atoms with Gasteiger partial charge in [0, 0.05) is 36.8 Å². The van der Waals surface area contributed by atoms with Crippen LogP contribution in [0.5, 0.6) is 0 Å². The Kier molecular flexibility index (Phi) is 5.01. The molecule has 0 unspecified atom stereocenters. The molecule has 1 N–H and O–H groups in total. The predicted molar refractivity (Wildman–Crippen MR) is 105 cm³/mol. The van der Waals surface area contributed by atoms with Gasteiger partial charge >= 0.3 is 0 Å². The molecule has 3 aromatic rings. The van der Waals surface area contributed by atoms with E-state index in [9.17, 15) is 4.79 Å². The molecule has 0 spiro atoms. The van der Waals surface area contributed by atoms with Gasteiger partial charge in [-0.15, -0.1) is 0 Å². The summed E-state index contributed by atoms with van der Waals surface area (Å²) in [6.45, 7) is 3.40. The third-order valence-corrected chi connectivity index (χ3v) is 5.21. The second kappa shape index (κ2) is 7.74. The van der Waals surface area contributed by atoms with Gasteiger partial charge in [0.25, 0.3) is 5.91 Å². The third kappa shape index (κ3) is 3.92. The lowest BCUT2D eigenvalue weighted by atomic mass is 9.90. The van der Waals surface area contributed by atoms with E-state index in [0.29, 0.717) is 12.2 Å².